The minimum atomic E-state index is -2.03. The van der Waals surface area contributed by atoms with Crippen LogP contribution in [0, 0.1) is 0 Å². The highest BCUT2D eigenvalue weighted by Gasteiger charge is 2.29. The van der Waals surface area contributed by atoms with E-state index in [1.807, 2.05) is 0 Å². The standard InChI is InChI=1S/C5H6Cl3NO3/c6-5(7,8)4(12)9-2-1-3(10)11/h1-2H2,(H,9,12)(H,10,11). The van der Waals surface area contributed by atoms with Gasteiger partial charge in [0.2, 0.25) is 0 Å². The second-order valence-electron chi connectivity index (χ2n) is 1.90. The second kappa shape index (κ2) is 4.74. The molecule has 0 saturated carbocycles. The summed E-state index contributed by atoms with van der Waals surface area (Å²) in [5, 5.41) is 10.3. The largest absolute Gasteiger partial charge is 0.481 e. The van der Waals surface area contributed by atoms with Crippen LogP contribution in [-0.2, 0) is 9.59 Å². The zero-order valence-electron chi connectivity index (χ0n) is 5.81. The minimum Gasteiger partial charge on any atom is -0.481 e. The van der Waals surface area contributed by atoms with Crippen molar-refractivity contribution in [2.75, 3.05) is 6.54 Å². The van der Waals surface area contributed by atoms with Crippen LogP contribution < -0.4 is 5.32 Å². The van der Waals surface area contributed by atoms with Crippen molar-refractivity contribution in [2.45, 2.75) is 10.2 Å². The number of amides is 1. The quantitative estimate of drug-likeness (QED) is 0.715. The van der Waals surface area contributed by atoms with Gasteiger partial charge in [-0.25, -0.2) is 0 Å². The monoisotopic (exact) mass is 233 g/mol. The molecule has 0 rings (SSSR count). The molecule has 4 nitrogen and oxygen atoms in total. The molecule has 12 heavy (non-hydrogen) atoms. The van der Waals surface area contributed by atoms with Gasteiger partial charge in [0.25, 0.3) is 9.70 Å². The van der Waals surface area contributed by atoms with Crippen molar-refractivity contribution >= 4 is 46.7 Å². The molecule has 0 spiro atoms. The molecule has 0 radical (unpaired) electrons. The summed E-state index contributed by atoms with van der Waals surface area (Å²) in [6.07, 6.45) is -0.202. The highest BCUT2D eigenvalue weighted by Crippen LogP contribution is 2.25. The van der Waals surface area contributed by atoms with E-state index in [1.165, 1.54) is 0 Å². The van der Waals surface area contributed by atoms with Crippen molar-refractivity contribution in [3.8, 4) is 0 Å². The highest BCUT2D eigenvalue weighted by atomic mass is 35.6. The smallest absolute Gasteiger partial charge is 0.305 e. The lowest BCUT2D eigenvalue weighted by molar-refractivity contribution is -0.136. The van der Waals surface area contributed by atoms with Crippen LogP contribution in [0.4, 0.5) is 0 Å². The van der Waals surface area contributed by atoms with Gasteiger partial charge in [0.1, 0.15) is 0 Å². The van der Waals surface area contributed by atoms with Gasteiger partial charge in [0.15, 0.2) is 0 Å². The molecule has 7 heteroatoms. The normalized spacial score (nSPS) is 10.9. The molecular formula is C5H6Cl3NO3. The van der Waals surface area contributed by atoms with Crippen LogP contribution >= 0.6 is 34.8 Å². The Kier molecular flexibility index (Phi) is 4.67. The first-order valence-electron chi connectivity index (χ1n) is 2.91. The van der Waals surface area contributed by atoms with Gasteiger partial charge in [0.05, 0.1) is 6.42 Å². The Bertz CT molecular complexity index is 189. The molecule has 0 aromatic heterocycles. The Balaban J connectivity index is 3.66. The summed E-state index contributed by atoms with van der Waals surface area (Å²) >= 11 is 15.5. The van der Waals surface area contributed by atoms with Gasteiger partial charge in [0, 0.05) is 6.54 Å². The molecule has 0 heterocycles. The molecule has 0 aliphatic rings. The topological polar surface area (TPSA) is 66.4 Å². The zero-order valence-corrected chi connectivity index (χ0v) is 8.08. The average molecular weight is 234 g/mol. The van der Waals surface area contributed by atoms with Crippen LogP contribution in [0.5, 0.6) is 0 Å². The van der Waals surface area contributed by atoms with Crippen LogP contribution in [0.15, 0.2) is 0 Å². The Hall–Kier alpha value is -0.190. The second-order valence-corrected chi connectivity index (χ2v) is 4.18. The SMILES string of the molecule is O=C(O)CCNC(=O)C(Cl)(Cl)Cl. The third-order valence-electron chi connectivity index (χ3n) is 0.882. The van der Waals surface area contributed by atoms with Gasteiger partial charge >= 0.3 is 5.97 Å². The molecule has 0 aromatic rings. The number of hydrogen-bond acceptors (Lipinski definition) is 2. The van der Waals surface area contributed by atoms with Crippen molar-refractivity contribution in [1.29, 1.82) is 0 Å². The van der Waals surface area contributed by atoms with Crippen LogP contribution in [-0.4, -0.2) is 27.3 Å². The predicted octanol–water partition coefficient (Wildman–Crippen LogP) is 0.948. The van der Waals surface area contributed by atoms with Crippen molar-refractivity contribution in [3.05, 3.63) is 0 Å². The number of rotatable bonds is 3. The van der Waals surface area contributed by atoms with Crippen LogP contribution in [0.2, 0.25) is 0 Å². The fourth-order valence-corrected chi connectivity index (χ4v) is 0.584. The molecule has 0 fully saturated rings. The first-order chi connectivity index (χ1) is 5.34. The van der Waals surface area contributed by atoms with E-state index in [2.05, 4.69) is 5.32 Å². The maximum atomic E-state index is 10.7. The fraction of sp³-hybridized carbons (Fsp3) is 0.600. The van der Waals surface area contributed by atoms with Crippen molar-refractivity contribution in [2.24, 2.45) is 0 Å². The maximum Gasteiger partial charge on any atom is 0.305 e. The van der Waals surface area contributed by atoms with Gasteiger partial charge in [-0.15, -0.1) is 0 Å². The van der Waals surface area contributed by atoms with Crippen molar-refractivity contribution in [1.82, 2.24) is 5.32 Å². The summed E-state index contributed by atoms with van der Waals surface area (Å²) in [5.74, 6) is -1.85. The van der Waals surface area contributed by atoms with E-state index in [0.717, 1.165) is 0 Å². The Morgan fingerprint density at radius 2 is 1.83 bits per heavy atom. The van der Waals surface area contributed by atoms with E-state index in [-0.39, 0.29) is 13.0 Å². The molecule has 1 amide bonds. The third-order valence-corrected chi connectivity index (χ3v) is 1.40. The van der Waals surface area contributed by atoms with Crippen LogP contribution in [0.25, 0.3) is 0 Å². The van der Waals surface area contributed by atoms with Crippen LogP contribution in [0.3, 0.4) is 0 Å². The summed E-state index contributed by atoms with van der Waals surface area (Å²) in [6, 6.07) is 0. The Morgan fingerprint density at radius 3 is 2.17 bits per heavy atom. The molecular weight excluding hydrogens is 228 g/mol. The summed E-state index contributed by atoms with van der Waals surface area (Å²) in [6.45, 7) is -0.0535. The van der Waals surface area contributed by atoms with Crippen molar-refractivity contribution < 1.29 is 14.7 Å². The Morgan fingerprint density at radius 1 is 1.33 bits per heavy atom. The number of nitrogens with one attached hydrogen (secondary N) is 1. The summed E-state index contributed by atoms with van der Waals surface area (Å²) in [5.41, 5.74) is 0. The van der Waals surface area contributed by atoms with Gasteiger partial charge in [-0.2, -0.15) is 0 Å². The van der Waals surface area contributed by atoms with E-state index < -0.39 is 15.7 Å². The molecule has 0 saturated heterocycles. The maximum absolute atomic E-state index is 10.7. The van der Waals surface area contributed by atoms with Gasteiger partial charge in [-0.3, -0.25) is 9.59 Å². The van der Waals surface area contributed by atoms with Crippen LogP contribution in [0.1, 0.15) is 6.42 Å². The van der Waals surface area contributed by atoms with Gasteiger partial charge in [-0.05, 0) is 0 Å². The lowest BCUT2D eigenvalue weighted by atomic mass is 10.4. The summed E-state index contributed by atoms with van der Waals surface area (Å²) < 4.78 is -2.03. The molecule has 0 atom stereocenters. The van der Waals surface area contributed by atoms with Crippen molar-refractivity contribution in [3.63, 3.8) is 0 Å². The summed E-state index contributed by atoms with van der Waals surface area (Å²) in [7, 11) is 0. The van der Waals surface area contributed by atoms with E-state index in [9.17, 15) is 9.59 Å². The number of carbonyl (C=O) groups is 2. The molecule has 0 unspecified atom stereocenters. The first kappa shape index (κ1) is 11.8. The number of alkyl halides is 3. The first-order valence-corrected chi connectivity index (χ1v) is 4.04. The number of aliphatic carboxylic acids is 1. The van der Waals surface area contributed by atoms with Gasteiger partial charge in [-0.1, -0.05) is 34.8 Å². The summed E-state index contributed by atoms with van der Waals surface area (Å²) in [4.78, 5) is 20.7. The molecule has 0 bridgehead atoms. The van der Waals surface area contributed by atoms with E-state index in [4.69, 9.17) is 39.9 Å². The number of carboxylic acid groups (broad SMARTS) is 1. The molecule has 2 N–H and O–H groups in total. The zero-order chi connectivity index (χ0) is 9.78. The number of carbonyl (C=O) groups excluding carboxylic acids is 1. The fourth-order valence-electron chi connectivity index (χ4n) is 0.383. The predicted molar refractivity (Wildman–Crippen MR) is 45.6 cm³/mol. The van der Waals surface area contributed by atoms with E-state index in [0.29, 0.717) is 0 Å². The van der Waals surface area contributed by atoms with E-state index >= 15 is 0 Å². The number of hydrogen-bond donors (Lipinski definition) is 2. The minimum absolute atomic E-state index is 0.0535. The lowest BCUT2D eigenvalue weighted by Gasteiger charge is -2.09. The highest BCUT2D eigenvalue weighted by molar-refractivity contribution is 6.76. The number of halogens is 3. The molecule has 0 aliphatic carbocycles. The molecule has 0 aromatic carbocycles. The Labute approximate surface area is 83.8 Å². The van der Waals surface area contributed by atoms with Gasteiger partial charge < -0.3 is 10.4 Å². The average Bonchev–Trinajstić information content (AvgIpc) is 1.84. The third kappa shape index (κ3) is 5.46. The lowest BCUT2D eigenvalue weighted by Crippen LogP contribution is -2.35. The van der Waals surface area contributed by atoms with E-state index in [1.54, 1.807) is 0 Å². The molecule has 0 aliphatic heterocycles. The number of carboxylic acids is 1. The molecule has 70 valence electrons.